The van der Waals surface area contributed by atoms with Crippen LogP contribution in [0.15, 0.2) is 24.5 Å². The van der Waals surface area contributed by atoms with Gasteiger partial charge < -0.3 is 10.1 Å². The fourth-order valence-electron chi connectivity index (χ4n) is 1.25. The van der Waals surface area contributed by atoms with Crippen molar-refractivity contribution in [1.82, 2.24) is 15.8 Å². The van der Waals surface area contributed by atoms with E-state index in [9.17, 15) is 9.59 Å². The normalized spacial score (nSPS) is 10.8. The molecule has 0 saturated heterocycles. The molecule has 0 radical (unpaired) electrons. The van der Waals surface area contributed by atoms with Crippen LogP contribution in [-0.2, 0) is 20.9 Å². The second-order valence-electron chi connectivity index (χ2n) is 5.02. The Morgan fingerprint density at radius 3 is 2.50 bits per heavy atom. The Hall–Kier alpha value is -2.15. The van der Waals surface area contributed by atoms with Crippen molar-refractivity contribution in [3.05, 3.63) is 30.1 Å². The van der Waals surface area contributed by atoms with E-state index in [0.29, 0.717) is 6.54 Å². The lowest BCUT2D eigenvalue weighted by molar-refractivity contribution is -0.161. The third-order valence-electron chi connectivity index (χ3n) is 1.98. The predicted octanol–water partition coefficient (Wildman–Crippen LogP) is 1.15. The van der Waals surface area contributed by atoms with Gasteiger partial charge in [0.25, 0.3) is 0 Å². The number of rotatable bonds is 5. The summed E-state index contributed by atoms with van der Waals surface area (Å²) in [5.74, 6) is -0.549. The summed E-state index contributed by atoms with van der Waals surface area (Å²) < 4.78 is 5.01. The van der Waals surface area contributed by atoms with Crippen molar-refractivity contribution < 1.29 is 19.2 Å². The molecule has 2 amide bonds. The molecule has 0 aliphatic rings. The van der Waals surface area contributed by atoms with Gasteiger partial charge in [-0.2, -0.15) is 0 Å². The minimum absolute atomic E-state index is 0.337. The third-order valence-corrected chi connectivity index (χ3v) is 1.98. The zero-order valence-corrected chi connectivity index (χ0v) is 11.8. The highest BCUT2D eigenvalue weighted by atomic mass is 16.7. The highest BCUT2D eigenvalue weighted by Gasteiger charge is 2.16. The minimum Gasteiger partial charge on any atom is -0.458 e. The van der Waals surface area contributed by atoms with E-state index >= 15 is 0 Å². The molecule has 7 heteroatoms. The summed E-state index contributed by atoms with van der Waals surface area (Å²) in [5, 5.41) is 2.57. The van der Waals surface area contributed by atoms with Crippen molar-refractivity contribution >= 4 is 12.0 Å². The van der Waals surface area contributed by atoms with Gasteiger partial charge in [-0.15, -0.1) is 0 Å². The average Bonchev–Trinajstić information content (AvgIpc) is 2.35. The lowest BCUT2D eigenvalue weighted by atomic mass is 10.2. The number of carbonyl (C=O) groups excluding carboxylic acids is 2. The predicted molar refractivity (Wildman–Crippen MR) is 71.4 cm³/mol. The summed E-state index contributed by atoms with van der Waals surface area (Å²) in [5.41, 5.74) is 2.43. The van der Waals surface area contributed by atoms with Crippen LogP contribution < -0.4 is 10.8 Å². The van der Waals surface area contributed by atoms with Gasteiger partial charge >= 0.3 is 12.0 Å². The van der Waals surface area contributed by atoms with E-state index in [1.165, 1.54) is 0 Å². The number of hydrogen-bond donors (Lipinski definition) is 2. The van der Waals surface area contributed by atoms with Crippen molar-refractivity contribution in [2.45, 2.75) is 32.9 Å². The summed E-state index contributed by atoms with van der Waals surface area (Å²) in [6.45, 7) is 5.24. The van der Waals surface area contributed by atoms with E-state index in [2.05, 4.69) is 15.8 Å². The number of ether oxygens (including phenoxy) is 1. The Morgan fingerprint density at radius 1 is 1.25 bits per heavy atom. The first-order valence-corrected chi connectivity index (χ1v) is 6.13. The zero-order chi connectivity index (χ0) is 15.0. The molecule has 7 nitrogen and oxygen atoms in total. The highest BCUT2D eigenvalue weighted by Crippen LogP contribution is 2.06. The van der Waals surface area contributed by atoms with Gasteiger partial charge in [-0.25, -0.2) is 15.1 Å². The monoisotopic (exact) mass is 281 g/mol. The first kappa shape index (κ1) is 15.9. The molecule has 20 heavy (non-hydrogen) atoms. The second kappa shape index (κ2) is 7.44. The molecule has 0 atom stereocenters. The molecule has 1 aromatic heterocycles. The van der Waals surface area contributed by atoms with Crippen LogP contribution in [0.3, 0.4) is 0 Å². The first-order valence-electron chi connectivity index (χ1n) is 6.13. The number of urea groups is 1. The molecule has 0 bridgehead atoms. The molecule has 1 heterocycles. The van der Waals surface area contributed by atoms with Crippen molar-refractivity contribution in [3.8, 4) is 0 Å². The van der Waals surface area contributed by atoms with Crippen LogP contribution in [0.4, 0.5) is 4.79 Å². The quantitative estimate of drug-likeness (QED) is 0.624. The van der Waals surface area contributed by atoms with Gasteiger partial charge in [0, 0.05) is 18.9 Å². The fraction of sp³-hybridized carbons (Fsp3) is 0.462. The Morgan fingerprint density at radius 2 is 1.90 bits per heavy atom. The van der Waals surface area contributed by atoms with Crippen LogP contribution in [0.1, 0.15) is 26.3 Å². The van der Waals surface area contributed by atoms with Crippen LogP contribution in [0, 0.1) is 0 Å². The van der Waals surface area contributed by atoms with Crippen molar-refractivity contribution in [3.63, 3.8) is 0 Å². The molecule has 0 aromatic carbocycles. The summed E-state index contributed by atoms with van der Waals surface area (Å²) >= 11 is 0. The molecule has 0 fully saturated rings. The molecule has 0 spiro atoms. The Bertz CT molecular complexity index is 443. The number of carbonyl (C=O) groups is 2. The van der Waals surface area contributed by atoms with Crippen LogP contribution in [0.25, 0.3) is 0 Å². The van der Waals surface area contributed by atoms with E-state index in [-0.39, 0.29) is 6.61 Å². The largest absolute Gasteiger partial charge is 0.458 e. The van der Waals surface area contributed by atoms with Gasteiger partial charge in [0.05, 0.1) is 0 Å². The van der Waals surface area contributed by atoms with Gasteiger partial charge in [0.1, 0.15) is 5.60 Å². The molecule has 2 N–H and O–H groups in total. The molecule has 0 aliphatic carbocycles. The summed E-state index contributed by atoms with van der Waals surface area (Å²) in [7, 11) is 0. The molecule has 0 unspecified atom stereocenters. The summed E-state index contributed by atoms with van der Waals surface area (Å²) in [6, 6.07) is 3.02. The van der Waals surface area contributed by atoms with Crippen molar-refractivity contribution in [2.24, 2.45) is 0 Å². The standard InChI is InChI=1S/C13H19N3O4/c1-13(2,3)20-11(17)9-19-16-12(18)15-8-10-4-6-14-7-5-10/h4-7H,8-9H2,1-3H3,(H2,15,16,18). The average molecular weight is 281 g/mol. The van der Waals surface area contributed by atoms with Crippen molar-refractivity contribution in [1.29, 1.82) is 0 Å². The summed E-state index contributed by atoms with van der Waals surface area (Å²) in [6.07, 6.45) is 3.27. The maximum atomic E-state index is 11.4. The lowest BCUT2D eigenvalue weighted by Crippen LogP contribution is -2.37. The van der Waals surface area contributed by atoms with E-state index in [0.717, 1.165) is 5.56 Å². The number of pyridine rings is 1. The zero-order valence-electron chi connectivity index (χ0n) is 11.8. The van der Waals surface area contributed by atoms with Gasteiger partial charge in [0.15, 0.2) is 6.61 Å². The molecule has 0 aliphatic heterocycles. The first-order chi connectivity index (χ1) is 9.37. The molecule has 1 rings (SSSR count). The third kappa shape index (κ3) is 7.32. The molecule has 1 aromatic rings. The van der Waals surface area contributed by atoms with E-state index in [1.54, 1.807) is 45.3 Å². The van der Waals surface area contributed by atoms with E-state index in [4.69, 9.17) is 9.57 Å². The fourth-order valence-corrected chi connectivity index (χ4v) is 1.25. The van der Waals surface area contributed by atoms with Gasteiger partial charge in [-0.1, -0.05) is 0 Å². The van der Waals surface area contributed by atoms with Crippen LogP contribution in [0.5, 0.6) is 0 Å². The molecular formula is C13H19N3O4. The number of nitrogens with one attached hydrogen (secondary N) is 2. The van der Waals surface area contributed by atoms with Crippen molar-refractivity contribution in [2.75, 3.05) is 6.61 Å². The smallest absolute Gasteiger partial charge is 0.338 e. The number of esters is 1. The van der Waals surface area contributed by atoms with Crippen LogP contribution >= 0.6 is 0 Å². The molecule has 0 saturated carbocycles. The van der Waals surface area contributed by atoms with Crippen LogP contribution in [-0.4, -0.2) is 29.2 Å². The number of aromatic nitrogens is 1. The summed E-state index contributed by atoms with van der Waals surface area (Å²) in [4.78, 5) is 31.3. The second-order valence-corrected chi connectivity index (χ2v) is 5.02. The minimum atomic E-state index is -0.579. The number of hydroxylamine groups is 1. The number of hydrogen-bond acceptors (Lipinski definition) is 5. The number of amides is 2. The van der Waals surface area contributed by atoms with E-state index < -0.39 is 17.6 Å². The molecular weight excluding hydrogens is 262 g/mol. The highest BCUT2D eigenvalue weighted by molar-refractivity contribution is 5.74. The maximum absolute atomic E-state index is 11.4. The van der Waals surface area contributed by atoms with Crippen LogP contribution in [0.2, 0.25) is 0 Å². The maximum Gasteiger partial charge on any atom is 0.338 e. The SMILES string of the molecule is CC(C)(C)OC(=O)CONC(=O)NCc1ccncc1. The Balaban J connectivity index is 2.16. The van der Waals surface area contributed by atoms with Gasteiger partial charge in [-0.3, -0.25) is 9.82 Å². The number of nitrogens with zero attached hydrogens (tertiary/aromatic N) is 1. The molecule has 110 valence electrons. The van der Waals surface area contributed by atoms with Gasteiger partial charge in [-0.05, 0) is 38.5 Å². The Kier molecular flexibility index (Phi) is 5.92. The topological polar surface area (TPSA) is 89.5 Å². The van der Waals surface area contributed by atoms with E-state index in [1.807, 2.05) is 0 Å². The van der Waals surface area contributed by atoms with Gasteiger partial charge in [0.2, 0.25) is 0 Å². The lowest BCUT2D eigenvalue weighted by Gasteiger charge is -2.19. The Labute approximate surface area is 117 Å².